The van der Waals surface area contributed by atoms with Gasteiger partial charge in [0, 0.05) is 6.07 Å². The summed E-state index contributed by atoms with van der Waals surface area (Å²) in [6, 6.07) is 1.70. The quantitative estimate of drug-likeness (QED) is 0.502. The lowest BCUT2D eigenvalue weighted by Crippen LogP contribution is -2.01. The molecular weight excluding hydrogens is 188 g/mol. The fraction of sp³-hybridized carbons (Fsp3) is 0.143. The molecule has 0 aromatic carbocycles. The van der Waals surface area contributed by atoms with E-state index >= 15 is 0 Å². The van der Waals surface area contributed by atoms with Gasteiger partial charge in [0.15, 0.2) is 5.82 Å². The van der Waals surface area contributed by atoms with Crippen LogP contribution in [0.15, 0.2) is 6.07 Å². The molecule has 2 nitrogen and oxygen atoms in total. The number of aromatic nitrogens is 1. The second-order valence-corrected chi connectivity index (χ2v) is 2.10. The van der Waals surface area contributed by atoms with Crippen molar-refractivity contribution in [1.82, 2.24) is 4.98 Å². The van der Waals surface area contributed by atoms with Gasteiger partial charge in [0.05, 0.1) is 5.56 Å². The van der Waals surface area contributed by atoms with E-state index in [1.807, 2.05) is 0 Å². The summed E-state index contributed by atoms with van der Waals surface area (Å²) in [6.45, 7) is 0. The van der Waals surface area contributed by atoms with Crippen LogP contribution in [-0.2, 0) is 0 Å². The van der Waals surface area contributed by atoms with E-state index in [-0.39, 0.29) is 0 Å². The summed E-state index contributed by atoms with van der Waals surface area (Å²) >= 11 is 0. The van der Waals surface area contributed by atoms with Gasteiger partial charge < -0.3 is 0 Å². The largest absolute Gasteiger partial charge is 0.283 e. The van der Waals surface area contributed by atoms with E-state index in [0.717, 1.165) is 0 Å². The van der Waals surface area contributed by atoms with Gasteiger partial charge in [0.25, 0.3) is 6.43 Å². The molecule has 0 saturated carbocycles. The second kappa shape index (κ2) is 3.39. The molecule has 0 saturated heterocycles. The van der Waals surface area contributed by atoms with Crippen molar-refractivity contribution in [3.05, 3.63) is 29.1 Å². The molecule has 1 aromatic rings. The maximum atomic E-state index is 12.8. The minimum absolute atomic E-state index is 0.460. The number of nitriles is 1. The van der Waals surface area contributed by atoms with Crippen LogP contribution in [0.4, 0.5) is 17.6 Å². The van der Waals surface area contributed by atoms with Crippen LogP contribution in [0.2, 0.25) is 0 Å². The van der Waals surface area contributed by atoms with E-state index in [4.69, 9.17) is 5.26 Å². The molecule has 0 unspecified atom stereocenters. The summed E-state index contributed by atoms with van der Waals surface area (Å²) in [7, 11) is 0. The highest BCUT2D eigenvalue weighted by atomic mass is 19.3. The summed E-state index contributed by atoms with van der Waals surface area (Å²) in [6.07, 6.45) is -3.23. The minimum atomic E-state index is -3.23. The molecule has 1 aromatic heterocycles. The van der Waals surface area contributed by atoms with Crippen LogP contribution in [0.3, 0.4) is 0 Å². The van der Waals surface area contributed by atoms with Crippen molar-refractivity contribution in [2.75, 3.05) is 0 Å². The van der Waals surface area contributed by atoms with Crippen molar-refractivity contribution in [1.29, 1.82) is 5.26 Å². The lowest BCUT2D eigenvalue weighted by molar-refractivity contribution is 0.139. The van der Waals surface area contributed by atoms with Gasteiger partial charge in [-0.3, -0.25) is 0 Å². The lowest BCUT2D eigenvalue weighted by atomic mass is 10.2. The third-order valence-electron chi connectivity index (χ3n) is 1.28. The van der Waals surface area contributed by atoms with E-state index in [1.54, 1.807) is 0 Å². The number of hydrogen-bond donors (Lipinski definition) is 0. The van der Waals surface area contributed by atoms with Crippen LogP contribution in [0.5, 0.6) is 0 Å². The molecule has 0 radical (unpaired) electrons. The zero-order valence-corrected chi connectivity index (χ0v) is 6.06. The molecule has 0 atom stereocenters. The van der Waals surface area contributed by atoms with Crippen molar-refractivity contribution in [3.63, 3.8) is 0 Å². The Balaban J connectivity index is 3.38. The number of rotatable bonds is 1. The average molecular weight is 190 g/mol. The molecule has 0 spiro atoms. The van der Waals surface area contributed by atoms with Crippen LogP contribution in [0.25, 0.3) is 0 Å². The Labute approximate surface area is 70.4 Å². The SMILES string of the molecule is N#Cc1cc(F)nc(C(F)F)c1F. The van der Waals surface area contributed by atoms with Crippen molar-refractivity contribution in [2.24, 2.45) is 0 Å². The molecule has 1 rings (SSSR count). The number of alkyl halides is 2. The van der Waals surface area contributed by atoms with Crippen molar-refractivity contribution in [2.45, 2.75) is 6.43 Å². The van der Waals surface area contributed by atoms with Gasteiger partial charge in [0.1, 0.15) is 11.8 Å². The molecule has 0 aliphatic rings. The lowest BCUT2D eigenvalue weighted by Gasteiger charge is -2.01. The highest BCUT2D eigenvalue weighted by Gasteiger charge is 2.20. The normalized spacial score (nSPS) is 10.2. The fourth-order valence-corrected chi connectivity index (χ4v) is 0.743. The summed E-state index contributed by atoms with van der Waals surface area (Å²) in [5.74, 6) is -2.77. The first-order valence-electron chi connectivity index (χ1n) is 3.10. The standard InChI is InChI=1S/C7H2F4N2/c8-4-1-3(2-12)5(9)6(13-4)7(10)11/h1,7H. The number of hydrogen-bond acceptors (Lipinski definition) is 2. The molecule has 0 aliphatic carbocycles. The fourth-order valence-electron chi connectivity index (χ4n) is 0.743. The maximum Gasteiger partial charge on any atom is 0.283 e. The molecule has 0 aliphatic heterocycles. The summed E-state index contributed by atoms with van der Waals surface area (Å²) < 4.78 is 49.1. The first-order chi connectivity index (χ1) is 6.06. The van der Waals surface area contributed by atoms with E-state index in [2.05, 4.69) is 4.98 Å². The second-order valence-electron chi connectivity index (χ2n) is 2.10. The van der Waals surface area contributed by atoms with Gasteiger partial charge in [-0.15, -0.1) is 0 Å². The molecule has 13 heavy (non-hydrogen) atoms. The molecule has 68 valence electrons. The van der Waals surface area contributed by atoms with E-state index < -0.39 is 29.4 Å². The van der Waals surface area contributed by atoms with Crippen molar-refractivity contribution < 1.29 is 17.6 Å². The average Bonchev–Trinajstić information content (AvgIpc) is 2.08. The zero-order valence-electron chi connectivity index (χ0n) is 6.06. The first kappa shape index (κ1) is 9.45. The van der Waals surface area contributed by atoms with Gasteiger partial charge in [0.2, 0.25) is 5.95 Å². The molecular formula is C7H2F4N2. The van der Waals surface area contributed by atoms with Crippen molar-refractivity contribution >= 4 is 0 Å². The topological polar surface area (TPSA) is 36.7 Å². The van der Waals surface area contributed by atoms with Crippen LogP contribution in [0, 0.1) is 23.1 Å². The Kier molecular flexibility index (Phi) is 2.46. The highest BCUT2D eigenvalue weighted by molar-refractivity contribution is 5.31. The van der Waals surface area contributed by atoms with Gasteiger partial charge in [-0.25, -0.2) is 18.2 Å². The number of nitrogens with zero attached hydrogens (tertiary/aromatic N) is 2. The van der Waals surface area contributed by atoms with Crippen LogP contribution < -0.4 is 0 Å². The van der Waals surface area contributed by atoms with Gasteiger partial charge >= 0.3 is 0 Å². The third-order valence-corrected chi connectivity index (χ3v) is 1.28. The summed E-state index contributed by atoms with van der Waals surface area (Å²) in [5, 5.41) is 8.22. The number of halogens is 4. The first-order valence-corrected chi connectivity index (χ1v) is 3.10. The Morgan fingerprint density at radius 1 is 1.38 bits per heavy atom. The summed E-state index contributed by atoms with van der Waals surface area (Å²) in [5.41, 5.74) is -2.11. The Hall–Kier alpha value is -1.64. The van der Waals surface area contributed by atoms with Crippen LogP contribution >= 0.6 is 0 Å². The monoisotopic (exact) mass is 190 g/mol. The Bertz CT molecular complexity index is 369. The maximum absolute atomic E-state index is 12.8. The van der Waals surface area contributed by atoms with Gasteiger partial charge in [-0.1, -0.05) is 0 Å². The molecule has 0 bridgehead atoms. The van der Waals surface area contributed by atoms with E-state index in [0.29, 0.717) is 6.07 Å². The van der Waals surface area contributed by atoms with Crippen LogP contribution in [-0.4, -0.2) is 4.98 Å². The smallest absolute Gasteiger partial charge is 0.216 e. The molecule has 6 heteroatoms. The number of pyridine rings is 1. The molecule has 0 N–H and O–H groups in total. The Morgan fingerprint density at radius 2 is 2.00 bits per heavy atom. The van der Waals surface area contributed by atoms with Crippen molar-refractivity contribution in [3.8, 4) is 6.07 Å². The van der Waals surface area contributed by atoms with Gasteiger partial charge in [-0.05, 0) is 0 Å². The molecule has 0 amide bonds. The molecule has 1 heterocycles. The predicted molar refractivity (Wildman–Crippen MR) is 33.8 cm³/mol. The highest BCUT2D eigenvalue weighted by Crippen LogP contribution is 2.22. The zero-order chi connectivity index (χ0) is 10.0. The predicted octanol–water partition coefficient (Wildman–Crippen LogP) is 2.17. The summed E-state index contributed by atoms with van der Waals surface area (Å²) in [4.78, 5) is 2.64. The third kappa shape index (κ3) is 1.75. The van der Waals surface area contributed by atoms with Crippen LogP contribution in [0.1, 0.15) is 17.7 Å². The molecule has 0 fully saturated rings. The Morgan fingerprint density at radius 3 is 2.46 bits per heavy atom. The minimum Gasteiger partial charge on any atom is -0.216 e. The van der Waals surface area contributed by atoms with E-state index in [9.17, 15) is 17.6 Å². The van der Waals surface area contributed by atoms with E-state index in [1.165, 1.54) is 6.07 Å². The van der Waals surface area contributed by atoms with Gasteiger partial charge in [-0.2, -0.15) is 9.65 Å².